The number of fused-ring (bicyclic) bond motifs is 1. The van der Waals surface area contributed by atoms with Crippen molar-refractivity contribution in [2.45, 2.75) is 31.7 Å². The van der Waals surface area contributed by atoms with Crippen LogP contribution in [0.5, 0.6) is 0 Å². The Bertz CT molecular complexity index is 1510. The summed E-state index contributed by atoms with van der Waals surface area (Å²) in [5, 5.41) is 0. The zero-order valence-electron chi connectivity index (χ0n) is 17.5. The van der Waals surface area contributed by atoms with Gasteiger partial charge in [0.1, 0.15) is 5.69 Å². The zero-order valence-corrected chi connectivity index (χ0v) is 19.1. The molecule has 2 aromatic heterocycles. The van der Waals surface area contributed by atoms with Gasteiger partial charge in [-0.3, -0.25) is 23.6 Å². The lowest BCUT2D eigenvalue weighted by molar-refractivity contribution is 0.601. The maximum atomic E-state index is 13.1. The molecule has 0 saturated heterocycles. The van der Waals surface area contributed by atoms with Crippen molar-refractivity contribution in [1.82, 2.24) is 13.9 Å². The van der Waals surface area contributed by atoms with E-state index in [4.69, 9.17) is 0 Å². The number of para-hydroxylation sites is 1. The number of hydrogen-bond donors (Lipinski definition) is 1. The van der Waals surface area contributed by atoms with Crippen molar-refractivity contribution in [3.8, 4) is 5.69 Å². The molecular formula is C21H22N4O4S2. The monoisotopic (exact) mass is 458 g/mol. The molecular weight excluding hydrogens is 436 g/mol. The van der Waals surface area contributed by atoms with Crippen LogP contribution in [0.4, 0.5) is 5.69 Å². The molecule has 0 saturated carbocycles. The van der Waals surface area contributed by atoms with E-state index >= 15 is 0 Å². The van der Waals surface area contributed by atoms with Gasteiger partial charge in [-0.15, -0.1) is 0 Å². The van der Waals surface area contributed by atoms with Crippen molar-refractivity contribution in [3.05, 3.63) is 74.2 Å². The molecule has 0 unspecified atom stereocenters. The Labute approximate surface area is 183 Å². The summed E-state index contributed by atoms with van der Waals surface area (Å²) in [5.41, 5.74) is 1.32. The second-order valence-corrected chi connectivity index (χ2v) is 10.2. The number of benzene rings is 2. The standard InChI is InChI=1S/C21H22N4O4S2/c1-13(2)24-17-11-10-16(12-18(17)30-21(24)27)31(28,29)22-19-14(3)23(4)25(20(19)26)15-8-6-5-7-9-15/h5-13,22H,1-4H3. The molecule has 4 rings (SSSR count). The van der Waals surface area contributed by atoms with Gasteiger partial charge in [0, 0.05) is 13.1 Å². The average molecular weight is 459 g/mol. The van der Waals surface area contributed by atoms with Crippen molar-refractivity contribution in [2.75, 3.05) is 4.72 Å². The topological polar surface area (TPSA) is 95.1 Å². The third-order valence-electron chi connectivity index (χ3n) is 5.20. The normalized spacial score (nSPS) is 12.0. The van der Waals surface area contributed by atoms with Crippen molar-refractivity contribution in [2.24, 2.45) is 7.05 Å². The minimum absolute atomic E-state index is 0.00827. The first kappa shape index (κ1) is 21.1. The number of anilines is 1. The number of aromatic nitrogens is 3. The molecule has 10 heteroatoms. The molecule has 8 nitrogen and oxygen atoms in total. The van der Waals surface area contributed by atoms with Crippen LogP contribution < -0.4 is 15.2 Å². The van der Waals surface area contributed by atoms with E-state index in [-0.39, 0.29) is 21.5 Å². The molecule has 0 spiro atoms. The summed E-state index contributed by atoms with van der Waals surface area (Å²) in [4.78, 5) is 25.1. The highest BCUT2D eigenvalue weighted by atomic mass is 32.2. The fourth-order valence-electron chi connectivity index (χ4n) is 3.55. The van der Waals surface area contributed by atoms with E-state index in [0.717, 1.165) is 11.3 Å². The number of nitrogens with zero attached hydrogens (tertiary/aromatic N) is 3. The molecule has 2 aromatic carbocycles. The van der Waals surface area contributed by atoms with Crippen molar-refractivity contribution in [3.63, 3.8) is 0 Å². The Hall–Kier alpha value is -3.11. The number of nitrogens with one attached hydrogen (secondary N) is 1. The fraction of sp³-hybridized carbons (Fsp3) is 0.238. The molecule has 0 atom stereocenters. The summed E-state index contributed by atoms with van der Waals surface area (Å²) in [6, 6.07) is 13.5. The number of hydrogen-bond acceptors (Lipinski definition) is 5. The SMILES string of the molecule is Cc1c(NS(=O)(=O)c2ccc3c(c2)sc(=O)n3C(C)C)c(=O)n(-c2ccccc2)n1C. The van der Waals surface area contributed by atoms with E-state index in [1.807, 2.05) is 19.9 Å². The van der Waals surface area contributed by atoms with Crippen LogP contribution in [0.15, 0.2) is 63.0 Å². The van der Waals surface area contributed by atoms with Crippen LogP contribution >= 0.6 is 11.3 Å². The first-order valence-corrected chi connectivity index (χ1v) is 11.9. The molecule has 0 radical (unpaired) electrons. The van der Waals surface area contributed by atoms with Gasteiger partial charge in [-0.1, -0.05) is 29.5 Å². The van der Waals surface area contributed by atoms with Gasteiger partial charge < -0.3 is 0 Å². The van der Waals surface area contributed by atoms with E-state index in [1.165, 1.54) is 16.8 Å². The van der Waals surface area contributed by atoms with E-state index in [2.05, 4.69) is 4.72 Å². The maximum Gasteiger partial charge on any atom is 0.308 e. The number of rotatable bonds is 5. The molecule has 0 amide bonds. The molecule has 0 aliphatic carbocycles. The van der Waals surface area contributed by atoms with Crippen molar-refractivity contribution >= 4 is 37.3 Å². The molecule has 0 bridgehead atoms. The molecule has 2 heterocycles. The van der Waals surface area contributed by atoms with E-state index in [0.29, 0.717) is 21.6 Å². The highest BCUT2D eigenvalue weighted by Gasteiger charge is 2.23. The van der Waals surface area contributed by atoms with Crippen molar-refractivity contribution < 1.29 is 8.42 Å². The van der Waals surface area contributed by atoms with Crippen LogP contribution in [0, 0.1) is 6.92 Å². The quantitative estimate of drug-likeness (QED) is 0.497. The Morgan fingerprint density at radius 2 is 1.71 bits per heavy atom. The third kappa shape index (κ3) is 3.51. The molecule has 0 aliphatic heterocycles. The summed E-state index contributed by atoms with van der Waals surface area (Å²) in [5.74, 6) is 0. The largest absolute Gasteiger partial charge is 0.308 e. The van der Waals surface area contributed by atoms with Crippen LogP contribution in [-0.2, 0) is 17.1 Å². The average Bonchev–Trinajstić information content (AvgIpc) is 3.16. The minimum atomic E-state index is -4.04. The molecule has 4 aromatic rings. The van der Waals surface area contributed by atoms with Gasteiger partial charge in [-0.05, 0) is 51.1 Å². The van der Waals surface area contributed by atoms with Crippen LogP contribution in [0.2, 0.25) is 0 Å². The molecule has 0 fully saturated rings. The van der Waals surface area contributed by atoms with Crippen molar-refractivity contribution in [1.29, 1.82) is 0 Å². The Kier molecular flexibility index (Phi) is 5.14. The summed E-state index contributed by atoms with van der Waals surface area (Å²) in [6.45, 7) is 5.47. The lowest BCUT2D eigenvalue weighted by Crippen LogP contribution is -2.23. The van der Waals surface area contributed by atoms with Gasteiger partial charge >= 0.3 is 4.87 Å². The van der Waals surface area contributed by atoms with Gasteiger partial charge in [0.25, 0.3) is 15.6 Å². The van der Waals surface area contributed by atoms with Crippen LogP contribution in [0.25, 0.3) is 15.9 Å². The van der Waals surface area contributed by atoms with Crippen LogP contribution in [0.1, 0.15) is 25.6 Å². The van der Waals surface area contributed by atoms with E-state index in [1.54, 1.807) is 53.6 Å². The molecule has 1 N–H and O–H groups in total. The first-order chi connectivity index (χ1) is 14.6. The second kappa shape index (κ2) is 7.54. The second-order valence-electron chi connectivity index (χ2n) is 7.50. The summed E-state index contributed by atoms with van der Waals surface area (Å²) < 4.78 is 33.8. The molecule has 31 heavy (non-hydrogen) atoms. The highest BCUT2D eigenvalue weighted by Crippen LogP contribution is 2.25. The van der Waals surface area contributed by atoms with E-state index < -0.39 is 15.6 Å². The van der Waals surface area contributed by atoms with Crippen LogP contribution in [-0.4, -0.2) is 22.3 Å². The smallest absolute Gasteiger partial charge is 0.296 e. The van der Waals surface area contributed by atoms with Gasteiger partial charge in [0.2, 0.25) is 0 Å². The lowest BCUT2D eigenvalue weighted by atomic mass is 10.3. The van der Waals surface area contributed by atoms with Gasteiger partial charge in [0.15, 0.2) is 0 Å². The number of sulfonamides is 1. The fourth-order valence-corrected chi connectivity index (χ4v) is 5.82. The van der Waals surface area contributed by atoms with E-state index in [9.17, 15) is 18.0 Å². The summed E-state index contributed by atoms with van der Waals surface area (Å²) in [6.07, 6.45) is 0. The Morgan fingerprint density at radius 3 is 2.35 bits per heavy atom. The zero-order chi connectivity index (χ0) is 22.5. The summed E-state index contributed by atoms with van der Waals surface area (Å²) in [7, 11) is -2.35. The first-order valence-electron chi connectivity index (χ1n) is 9.63. The predicted molar refractivity (Wildman–Crippen MR) is 123 cm³/mol. The number of thiazole rings is 1. The minimum Gasteiger partial charge on any atom is -0.296 e. The summed E-state index contributed by atoms with van der Waals surface area (Å²) >= 11 is 0.999. The highest BCUT2D eigenvalue weighted by molar-refractivity contribution is 7.92. The molecule has 162 valence electrons. The Balaban J connectivity index is 1.78. The third-order valence-corrected chi connectivity index (χ3v) is 7.47. The Morgan fingerprint density at radius 1 is 1.03 bits per heavy atom. The van der Waals surface area contributed by atoms with Gasteiger partial charge in [-0.2, -0.15) is 0 Å². The molecule has 0 aliphatic rings. The van der Waals surface area contributed by atoms with Gasteiger partial charge in [-0.25, -0.2) is 13.1 Å². The predicted octanol–water partition coefficient (Wildman–Crippen LogP) is 3.24. The maximum absolute atomic E-state index is 13.1. The van der Waals surface area contributed by atoms with Gasteiger partial charge in [0.05, 0.1) is 26.5 Å². The van der Waals surface area contributed by atoms with Crippen LogP contribution in [0.3, 0.4) is 0 Å². The lowest BCUT2D eigenvalue weighted by Gasteiger charge is -2.09.